The first-order valence-electron chi connectivity index (χ1n) is 6.92. The minimum Gasteiger partial charge on any atom is -0.394 e. The van der Waals surface area contributed by atoms with E-state index in [9.17, 15) is 20.1 Å². The zero-order valence-electron chi connectivity index (χ0n) is 12.0. The van der Waals surface area contributed by atoms with Crippen molar-refractivity contribution in [3.05, 3.63) is 23.0 Å². The van der Waals surface area contributed by atoms with Gasteiger partial charge in [-0.1, -0.05) is 0 Å². The maximum Gasteiger partial charge on any atom is 0.303 e. The summed E-state index contributed by atoms with van der Waals surface area (Å²) in [5.74, 6) is 0.302. The third kappa shape index (κ3) is 1.84. The molecule has 0 bridgehead atoms. The number of fused-ring (bicyclic) bond motifs is 2. The van der Waals surface area contributed by atoms with Crippen LogP contribution in [0.3, 0.4) is 0 Å². The van der Waals surface area contributed by atoms with E-state index in [1.807, 2.05) is 0 Å². The zero-order valence-corrected chi connectivity index (χ0v) is 12.0. The molecule has 0 amide bonds. The molecule has 0 unspecified atom stereocenters. The van der Waals surface area contributed by atoms with Crippen LogP contribution in [0.5, 0.6) is 0 Å². The maximum atomic E-state index is 12.4. The molecule has 1 aliphatic heterocycles. The molecule has 3 aromatic heterocycles. The Morgan fingerprint density at radius 1 is 1.30 bits per heavy atom. The first-order valence-corrected chi connectivity index (χ1v) is 6.92. The Balaban J connectivity index is 1.92. The minimum atomic E-state index is -1.28. The van der Waals surface area contributed by atoms with Crippen molar-refractivity contribution in [2.45, 2.75) is 24.5 Å². The summed E-state index contributed by atoms with van der Waals surface area (Å²) in [5.41, 5.74) is -0.177. The van der Waals surface area contributed by atoms with E-state index in [2.05, 4.69) is 15.1 Å². The van der Waals surface area contributed by atoms with E-state index in [0.29, 0.717) is 5.78 Å². The number of hydrogen-bond acceptors (Lipinski definition) is 8. The van der Waals surface area contributed by atoms with Gasteiger partial charge in [0.2, 0.25) is 5.78 Å². The van der Waals surface area contributed by atoms with Crippen LogP contribution >= 0.6 is 0 Å². The molecule has 0 radical (unpaired) electrons. The Morgan fingerprint density at radius 2 is 2.09 bits per heavy atom. The molecule has 3 aromatic rings. The van der Waals surface area contributed by atoms with Crippen molar-refractivity contribution in [2.24, 2.45) is 7.05 Å². The fourth-order valence-corrected chi connectivity index (χ4v) is 2.76. The molecule has 11 nitrogen and oxygen atoms in total. The average Bonchev–Trinajstić information content (AvgIpc) is 3.20. The van der Waals surface area contributed by atoms with Gasteiger partial charge in [-0.2, -0.15) is 14.6 Å². The molecule has 0 spiro atoms. The van der Waals surface area contributed by atoms with Crippen LogP contribution in [0.1, 0.15) is 6.23 Å². The Hall–Kier alpha value is -2.34. The second-order valence-electron chi connectivity index (χ2n) is 5.42. The SMILES string of the molecule is Cn1cnn2c(=O)c3ncn([C@@H]4O[C@H](CO)[C@@H](O)[C@H]4O)c3nc12. The van der Waals surface area contributed by atoms with Gasteiger partial charge in [0.05, 0.1) is 12.9 Å². The summed E-state index contributed by atoms with van der Waals surface area (Å²) in [6, 6.07) is 0. The number of aromatic nitrogens is 6. The Morgan fingerprint density at radius 3 is 2.78 bits per heavy atom. The van der Waals surface area contributed by atoms with Crippen molar-refractivity contribution < 1.29 is 20.1 Å². The minimum absolute atomic E-state index is 0.0685. The van der Waals surface area contributed by atoms with Gasteiger partial charge in [-0.15, -0.1) is 0 Å². The average molecular weight is 322 g/mol. The summed E-state index contributed by atoms with van der Waals surface area (Å²) in [4.78, 5) is 20.7. The van der Waals surface area contributed by atoms with Crippen molar-refractivity contribution in [3.8, 4) is 0 Å². The fourth-order valence-electron chi connectivity index (χ4n) is 2.76. The van der Waals surface area contributed by atoms with Gasteiger partial charge < -0.3 is 24.6 Å². The molecule has 4 heterocycles. The van der Waals surface area contributed by atoms with E-state index in [1.54, 1.807) is 11.6 Å². The van der Waals surface area contributed by atoms with Gasteiger partial charge in [-0.05, 0) is 0 Å². The molecular formula is C12H14N6O5. The third-order valence-corrected chi connectivity index (χ3v) is 4.00. The van der Waals surface area contributed by atoms with Gasteiger partial charge in [-0.3, -0.25) is 9.36 Å². The number of hydrogen-bond donors (Lipinski definition) is 3. The highest BCUT2D eigenvalue weighted by atomic mass is 16.6. The number of aliphatic hydroxyl groups excluding tert-OH is 3. The van der Waals surface area contributed by atoms with Crippen molar-refractivity contribution in [3.63, 3.8) is 0 Å². The van der Waals surface area contributed by atoms with Crippen LogP contribution in [0.15, 0.2) is 17.4 Å². The molecule has 3 N–H and O–H groups in total. The summed E-state index contributed by atoms with van der Waals surface area (Å²) in [5, 5.41) is 33.1. The quantitative estimate of drug-likeness (QED) is 0.466. The Kier molecular flexibility index (Phi) is 2.99. The second kappa shape index (κ2) is 4.83. The topological polar surface area (TPSA) is 140 Å². The molecule has 23 heavy (non-hydrogen) atoms. The zero-order chi connectivity index (χ0) is 16.3. The van der Waals surface area contributed by atoms with Crippen LogP contribution in [-0.4, -0.2) is 69.0 Å². The van der Waals surface area contributed by atoms with E-state index < -0.39 is 36.7 Å². The van der Waals surface area contributed by atoms with E-state index in [0.717, 1.165) is 4.52 Å². The summed E-state index contributed by atoms with van der Waals surface area (Å²) in [7, 11) is 1.69. The highest BCUT2D eigenvalue weighted by Crippen LogP contribution is 2.30. The van der Waals surface area contributed by atoms with Crippen LogP contribution in [0, 0.1) is 0 Å². The van der Waals surface area contributed by atoms with E-state index in [4.69, 9.17) is 4.74 Å². The van der Waals surface area contributed by atoms with Crippen molar-refractivity contribution >= 4 is 16.9 Å². The summed E-state index contributed by atoms with van der Waals surface area (Å²) in [6.45, 7) is -0.441. The Labute approximate surface area is 128 Å². The lowest BCUT2D eigenvalue weighted by atomic mass is 10.1. The molecule has 4 rings (SSSR count). The van der Waals surface area contributed by atoms with Gasteiger partial charge in [-0.25, -0.2) is 4.98 Å². The lowest BCUT2D eigenvalue weighted by Gasteiger charge is -2.16. The highest BCUT2D eigenvalue weighted by Gasteiger charge is 2.44. The van der Waals surface area contributed by atoms with Crippen LogP contribution in [0.2, 0.25) is 0 Å². The molecule has 0 aromatic carbocycles. The highest BCUT2D eigenvalue weighted by molar-refractivity contribution is 5.71. The van der Waals surface area contributed by atoms with Gasteiger partial charge in [0.1, 0.15) is 24.6 Å². The molecule has 1 fully saturated rings. The number of aryl methyl sites for hydroxylation is 1. The smallest absolute Gasteiger partial charge is 0.303 e. The predicted octanol–water partition coefficient (Wildman–Crippen LogP) is -2.61. The molecule has 4 atom stereocenters. The van der Waals surface area contributed by atoms with Crippen molar-refractivity contribution in [2.75, 3.05) is 6.61 Å². The second-order valence-corrected chi connectivity index (χ2v) is 5.42. The van der Waals surface area contributed by atoms with Crippen LogP contribution in [0.25, 0.3) is 16.9 Å². The van der Waals surface area contributed by atoms with Crippen LogP contribution in [-0.2, 0) is 11.8 Å². The van der Waals surface area contributed by atoms with Gasteiger partial charge in [0.15, 0.2) is 17.4 Å². The van der Waals surface area contributed by atoms with E-state index >= 15 is 0 Å². The van der Waals surface area contributed by atoms with Crippen LogP contribution < -0.4 is 5.56 Å². The number of nitrogens with zero attached hydrogens (tertiary/aromatic N) is 6. The summed E-state index contributed by atoms with van der Waals surface area (Å²) >= 11 is 0. The molecular weight excluding hydrogens is 308 g/mol. The lowest BCUT2D eigenvalue weighted by Crippen LogP contribution is -2.33. The molecule has 0 aliphatic carbocycles. The maximum absolute atomic E-state index is 12.4. The molecule has 122 valence electrons. The van der Waals surface area contributed by atoms with Gasteiger partial charge in [0.25, 0.3) is 0 Å². The molecule has 11 heteroatoms. The molecule has 1 aliphatic rings. The van der Waals surface area contributed by atoms with Crippen molar-refractivity contribution in [1.29, 1.82) is 0 Å². The standard InChI is InChI=1S/C12H14N6O5/c1-16-4-14-18-10(22)6-9(15-12(16)18)17(3-13-6)11-8(21)7(20)5(2-19)23-11/h3-5,7-8,11,19-21H,2H2,1H3/t5-,7-,8-,11-/m1/s1. The summed E-state index contributed by atoms with van der Waals surface area (Å²) in [6.07, 6.45) is -1.71. The Bertz CT molecular complexity index is 945. The van der Waals surface area contributed by atoms with Crippen LogP contribution in [0.4, 0.5) is 0 Å². The first-order chi connectivity index (χ1) is 11.0. The monoisotopic (exact) mass is 322 g/mol. The van der Waals surface area contributed by atoms with Gasteiger partial charge in [0, 0.05) is 7.05 Å². The van der Waals surface area contributed by atoms with Gasteiger partial charge >= 0.3 is 5.56 Å². The predicted molar refractivity (Wildman–Crippen MR) is 74.5 cm³/mol. The van der Waals surface area contributed by atoms with Crippen molar-refractivity contribution in [1.82, 2.24) is 28.7 Å². The number of rotatable bonds is 2. The lowest BCUT2D eigenvalue weighted by molar-refractivity contribution is -0.0511. The fraction of sp³-hybridized carbons (Fsp3) is 0.500. The first kappa shape index (κ1) is 14.3. The summed E-state index contributed by atoms with van der Waals surface area (Å²) < 4.78 is 9.51. The largest absolute Gasteiger partial charge is 0.394 e. The third-order valence-electron chi connectivity index (χ3n) is 4.00. The number of ether oxygens (including phenoxy) is 1. The van der Waals surface area contributed by atoms with E-state index in [1.165, 1.54) is 17.2 Å². The van der Waals surface area contributed by atoms with E-state index in [-0.39, 0.29) is 11.2 Å². The normalized spacial score (nSPS) is 28.2. The number of aliphatic hydroxyl groups is 3. The molecule has 0 saturated carbocycles. The molecule has 1 saturated heterocycles. The number of imidazole rings is 1.